The largest absolute Gasteiger partial charge is 0.330 e. The number of hydrogen-bond acceptors (Lipinski definition) is 2. The van der Waals surface area contributed by atoms with Crippen LogP contribution in [0.5, 0.6) is 0 Å². The number of hydrogen-bond donors (Lipinski definition) is 1. The molecule has 0 saturated heterocycles. The predicted molar refractivity (Wildman–Crippen MR) is 76.2 cm³/mol. The summed E-state index contributed by atoms with van der Waals surface area (Å²) in [5, 5.41) is 0. The quantitative estimate of drug-likeness (QED) is 0.867. The summed E-state index contributed by atoms with van der Waals surface area (Å²) in [6.07, 6.45) is 2.20. The molecule has 0 atom stereocenters. The van der Waals surface area contributed by atoms with Crippen molar-refractivity contribution in [1.82, 2.24) is 0 Å². The average molecular weight is 269 g/mol. The molecule has 1 saturated carbocycles. The summed E-state index contributed by atoms with van der Waals surface area (Å²) in [5.74, 6) is -0.769. The van der Waals surface area contributed by atoms with E-state index in [1.54, 1.807) is 24.3 Å². The van der Waals surface area contributed by atoms with Crippen molar-refractivity contribution >= 4 is 5.78 Å². The lowest BCUT2D eigenvalue weighted by Gasteiger charge is -2.13. The molecule has 0 unspecified atom stereocenters. The summed E-state index contributed by atoms with van der Waals surface area (Å²) in [7, 11) is 0. The number of carbonyl (C=O) groups is 1. The van der Waals surface area contributed by atoms with Gasteiger partial charge in [-0.15, -0.1) is 0 Å². The van der Waals surface area contributed by atoms with Gasteiger partial charge in [0.05, 0.1) is 5.56 Å². The zero-order valence-corrected chi connectivity index (χ0v) is 11.1. The van der Waals surface area contributed by atoms with Crippen molar-refractivity contribution in [1.29, 1.82) is 0 Å². The molecule has 2 aromatic carbocycles. The van der Waals surface area contributed by atoms with Gasteiger partial charge < -0.3 is 5.73 Å². The number of rotatable bonds is 4. The third kappa shape index (κ3) is 2.14. The minimum atomic E-state index is -0.484. The summed E-state index contributed by atoms with van der Waals surface area (Å²) >= 11 is 0. The summed E-state index contributed by atoms with van der Waals surface area (Å²) in [5.41, 5.74) is 7.69. The second-order valence-corrected chi connectivity index (χ2v) is 5.37. The maximum Gasteiger partial charge on any atom is 0.195 e. The van der Waals surface area contributed by atoms with Crippen molar-refractivity contribution < 1.29 is 9.18 Å². The molecule has 3 heteroatoms. The molecule has 0 amide bonds. The Morgan fingerprint density at radius 1 is 1.10 bits per heavy atom. The molecule has 2 aromatic rings. The standard InChI is InChI=1S/C17H16FNO/c18-15-4-2-1-3-14(15)16(20)12-5-7-13(8-6-12)17(11-19)9-10-17/h1-8H,9-11,19H2. The zero-order chi connectivity index (χ0) is 14.2. The Labute approximate surface area is 117 Å². The second kappa shape index (κ2) is 4.84. The Bertz CT molecular complexity index is 644. The molecule has 0 radical (unpaired) electrons. The Kier molecular flexibility index (Phi) is 3.14. The van der Waals surface area contributed by atoms with Crippen LogP contribution in [0.2, 0.25) is 0 Å². The highest BCUT2D eigenvalue weighted by molar-refractivity contribution is 6.09. The first-order chi connectivity index (χ1) is 9.66. The van der Waals surface area contributed by atoms with Crippen molar-refractivity contribution in [2.75, 3.05) is 6.54 Å². The highest BCUT2D eigenvalue weighted by atomic mass is 19.1. The van der Waals surface area contributed by atoms with Crippen LogP contribution < -0.4 is 5.73 Å². The highest BCUT2D eigenvalue weighted by Crippen LogP contribution is 2.47. The molecule has 1 aliphatic carbocycles. The van der Waals surface area contributed by atoms with Crippen LogP contribution in [0.1, 0.15) is 34.3 Å². The van der Waals surface area contributed by atoms with Crippen LogP contribution in [-0.2, 0) is 5.41 Å². The van der Waals surface area contributed by atoms with Gasteiger partial charge in [0.2, 0.25) is 0 Å². The van der Waals surface area contributed by atoms with E-state index >= 15 is 0 Å². The summed E-state index contributed by atoms with van der Waals surface area (Å²) in [4.78, 5) is 12.2. The van der Waals surface area contributed by atoms with Crippen LogP contribution >= 0.6 is 0 Å². The van der Waals surface area contributed by atoms with Crippen LogP contribution in [0.4, 0.5) is 4.39 Å². The maximum atomic E-state index is 13.6. The van der Waals surface area contributed by atoms with E-state index in [-0.39, 0.29) is 16.8 Å². The smallest absolute Gasteiger partial charge is 0.195 e. The van der Waals surface area contributed by atoms with Crippen molar-refractivity contribution in [3.8, 4) is 0 Å². The summed E-state index contributed by atoms with van der Waals surface area (Å²) in [6, 6.07) is 13.5. The monoisotopic (exact) mass is 269 g/mol. The fourth-order valence-electron chi connectivity index (χ4n) is 2.54. The van der Waals surface area contributed by atoms with Gasteiger partial charge in [0.25, 0.3) is 0 Å². The Hall–Kier alpha value is -2.00. The van der Waals surface area contributed by atoms with E-state index in [1.165, 1.54) is 17.7 Å². The zero-order valence-electron chi connectivity index (χ0n) is 11.1. The molecule has 1 fully saturated rings. The third-order valence-corrected chi connectivity index (χ3v) is 4.12. The van der Waals surface area contributed by atoms with Gasteiger partial charge in [-0.25, -0.2) is 4.39 Å². The second-order valence-electron chi connectivity index (χ2n) is 5.37. The average Bonchev–Trinajstić information content (AvgIpc) is 3.28. The van der Waals surface area contributed by atoms with Gasteiger partial charge in [0.15, 0.2) is 5.78 Å². The predicted octanol–water partition coefficient (Wildman–Crippen LogP) is 3.05. The molecule has 0 bridgehead atoms. The van der Waals surface area contributed by atoms with Gasteiger partial charge in [0.1, 0.15) is 5.82 Å². The molecule has 0 spiro atoms. The van der Waals surface area contributed by atoms with E-state index in [9.17, 15) is 9.18 Å². The van der Waals surface area contributed by atoms with Crippen molar-refractivity contribution in [3.05, 3.63) is 71.0 Å². The van der Waals surface area contributed by atoms with Crippen LogP contribution in [-0.4, -0.2) is 12.3 Å². The maximum absolute atomic E-state index is 13.6. The van der Waals surface area contributed by atoms with E-state index < -0.39 is 5.82 Å². The molecule has 2 nitrogen and oxygen atoms in total. The lowest BCUT2D eigenvalue weighted by Crippen LogP contribution is -2.19. The first kappa shape index (κ1) is 13.0. The molecule has 20 heavy (non-hydrogen) atoms. The van der Waals surface area contributed by atoms with Crippen molar-refractivity contribution in [2.45, 2.75) is 18.3 Å². The van der Waals surface area contributed by atoms with Crippen LogP contribution in [0.3, 0.4) is 0 Å². The van der Waals surface area contributed by atoms with Gasteiger partial charge in [-0.3, -0.25) is 4.79 Å². The highest BCUT2D eigenvalue weighted by Gasteiger charge is 2.42. The van der Waals surface area contributed by atoms with Gasteiger partial charge in [-0.05, 0) is 30.5 Å². The number of nitrogens with two attached hydrogens (primary N) is 1. The molecular weight excluding hydrogens is 253 g/mol. The molecule has 1 aliphatic rings. The summed E-state index contributed by atoms with van der Waals surface area (Å²) < 4.78 is 13.6. The summed E-state index contributed by atoms with van der Waals surface area (Å²) in [6.45, 7) is 0.633. The minimum Gasteiger partial charge on any atom is -0.330 e. The SMILES string of the molecule is NCC1(c2ccc(C(=O)c3ccccc3F)cc2)CC1. The van der Waals surface area contributed by atoms with Gasteiger partial charge >= 0.3 is 0 Å². The van der Waals surface area contributed by atoms with Crippen LogP contribution in [0.15, 0.2) is 48.5 Å². The molecule has 0 aromatic heterocycles. The molecule has 102 valence electrons. The van der Waals surface area contributed by atoms with E-state index in [0.29, 0.717) is 12.1 Å². The fraction of sp³-hybridized carbons (Fsp3) is 0.235. The van der Waals surface area contributed by atoms with Gasteiger partial charge in [-0.1, -0.05) is 36.4 Å². The first-order valence-electron chi connectivity index (χ1n) is 6.76. The number of benzene rings is 2. The normalized spacial score (nSPS) is 15.9. The molecule has 2 N–H and O–H groups in total. The van der Waals surface area contributed by atoms with Crippen LogP contribution in [0.25, 0.3) is 0 Å². The first-order valence-corrected chi connectivity index (χ1v) is 6.76. The minimum absolute atomic E-state index is 0.111. The molecule has 3 rings (SSSR count). The number of ketones is 1. The topological polar surface area (TPSA) is 43.1 Å². The molecule has 0 heterocycles. The van der Waals surface area contributed by atoms with Crippen LogP contribution in [0, 0.1) is 5.82 Å². The van der Waals surface area contributed by atoms with E-state index in [0.717, 1.165) is 12.8 Å². The Balaban J connectivity index is 1.88. The third-order valence-electron chi connectivity index (χ3n) is 4.12. The molecular formula is C17H16FNO. The fourth-order valence-corrected chi connectivity index (χ4v) is 2.54. The lowest BCUT2D eigenvalue weighted by atomic mass is 9.93. The Morgan fingerprint density at radius 3 is 2.30 bits per heavy atom. The lowest BCUT2D eigenvalue weighted by molar-refractivity contribution is 0.103. The van der Waals surface area contributed by atoms with Crippen molar-refractivity contribution in [3.63, 3.8) is 0 Å². The van der Waals surface area contributed by atoms with Gasteiger partial charge in [0, 0.05) is 17.5 Å². The molecule has 0 aliphatic heterocycles. The Morgan fingerprint density at radius 2 is 1.75 bits per heavy atom. The number of halogens is 1. The van der Waals surface area contributed by atoms with Gasteiger partial charge in [-0.2, -0.15) is 0 Å². The van der Waals surface area contributed by atoms with E-state index in [2.05, 4.69) is 0 Å². The van der Waals surface area contributed by atoms with Crippen molar-refractivity contribution in [2.24, 2.45) is 5.73 Å². The number of carbonyl (C=O) groups excluding carboxylic acids is 1. The van der Waals surface area contributed by atoms with E-state index in [4.69, 9.17) is 5.73 Å². The van der Waals surface area contributed by atoms with E-state index in [1.807, 2.05) is 12.1 Å².